The fourth-order valence-electron chi connectivity index (χ4n) is 3.01. The fourth-order valence-corrected chi connectivity index (χ4v) is 3.01. The maximum Gasteiger partial charge on any atom is 0.138 e. The van der Waals surface area contributed by atoms with Crippen LogP contribution < -0.4 is 4.74 Å². The summed E-state index contributed by atoms with van der Waals surface area (Å²) in [6.07, 6.45) is 7.34. The SMILES string of the molecule is C#Cc1cnc2[nH]c3ccc(Oc4ccccc4)cc3c2c1COC. The Kier molecular flexibility index (Phi) is 3.85. The van der Waals surface area contributed by atoms with Crippen LogP contribution >= 0.6 is 0 Å². The van der Waals surface area contributed by atoms with Crippen molar-refractivity contribution in [2.45, 2.75) is 6.61 Å². The second kappa shape index (κ2) is 6.31. The van der Waals surface area contributed by atoms with Gasteiger partial charge in [-0.1, -0.05) is 24.1 Å². The molecule has 0 saturated carbocycles. The van der Waals surface area contributed by atoms with E-state index in [1.54, 1.807) is 13.3 Å². The highest BCUT2D eigenvalue weighted by atomic mass is 16.5. The van der Waals surface area contributed by atoms with Crippen LogP contribution in [0.1, 0.15) is 11.1 Å². The van der Waals surface area contributed by atoms with Gasteiger partial charge in [0.2, 0.25) is 0 Å². The molecule has 0 fully saturated rings. The van der Waals surface area contributed by atoms with Crippen molar-refractivity contribution in [2.24, 2.45) is 0 Å². The Morgan fingerprint density at radius 2 is 1.96 bits per heavy atom. The predicted molar refractivity (Wildman–Crippen MR) is 98.8 cm³/mol. The molecule has 0 unspecified atom stereocenters. The van der Waals surface area contributed by atoms with Crippen LogP contribution in [0.3, 0.4) is 0 Å². The van der Waals surface area contributed by atoms with E-state index >= 15 is 0 Å². The molecule has 4 aromatic rings. The first-order chi connectivity index (χ1) is 12.3. The molecule has 0 saturated heterocycles. The van der Waals surface area contributed by atoms with Crippen LogP contribution in [0.15, 0.2) is 54.7 Å². The van der Waals surface area contributed by atoms with E-state index in [2.05, 4.69) is 15.9 Å². The van der Waals surface area contributed by atoms with Crippen LogP contribution in [0.2, 0.25) is 0 Å². The quantitative estimate of drug-likeness (QED) is 0.555. The average molecular weight is 328 g/mol. The van der Waals surface area contributed by atoms with Gasteiger partial charge in [0.25, 0.3) is 0 Å². The molecule has 0 aliphatic heterocycles. The summed E-state index contributed by atoms with van der Waals surface area (Å²) in [5.41, 5.74) is 3.47. The van der Waals surface area contributed by atoms with Crippen molar-refractivity contribution in [1.29, 1.82) is 0 Å². The van der Waals surface area contributed by atoms with Crippen LogP contribution in [0.5, 0.6) is 11.5 Å². The Bertz CT molecular complexity index is 1090. The van der Waals surface area contributed by atoms with Crippen LogP contribution in [0, 0.1) is 12.3 Å². The van der Waals surface area contributed by atoms with Crippen molar-refractivity contribution in [1.82, 2.24) is 9.97 Å². The molecule has 0 amide bonds. The van der Waals surface area contributed by atoms with E-state index in [4.69, 9.17) is 15.9 Å². The van der Waals surface area contributed by atoms with Gasteiger partial charge in [0.15, 0.2) is 0 Å². The molecule has 2 aromatic heterocycles. The number of methoxy groups -OCH3 is 1. The number of pyridine rings is 1. The lowest BCUT2D eigenvalue weighted by atomic mass is 10.0. The number of para-hydroxylation sites is 1. The molecule has 0 aliphatic rings. The highest BCUT2D eigenvalue weighted by molar-refractivity contribution is 6.08. The number of nitrogens with one attached hydrogen (secondary N) is 1. The summed E-state index contributed by atoms with van der Waals surface area (Å²) >= 11 is 0. The summed E-state index contributed by atoms with van der Waals surface area (Å²) in [5, 5.41) is 1.99. The van der Waals surface area contributed by atoms with E-state index in [1.807, 2.05) is 48.5 Å². The Labute approximate surface area is 145 Å². The number of hydrogen-bond acceptors (Lipinski definition) is 3. The van der Waals surface area contributed by atoms with Crippen molar-refractivity contribution in [2.75, 3.05) is 7.11 Å². The zero-order chi connectivity index (χ0) is 17.2. The summed E-state index contributed by atoms with van der Waals surface area (Å²) in [7, 11) is 1.66. The van der Waals surface area contributed by atoms with E-state index in [1.165, 1.54) is 0 Å². The van der Waals surface area contributed by atoms with E-state index in [-0.39, 0.29) is 0 Å². The van der Waals surface area contributed by atoms with E-state index < -0.39 is 0 Å². The van der Waals surface area contributed by atoms with Crippen molar-refractivity contribution in [3.63, 3.8) is 0 Å². The molecule has 0 atom stereocenters. The molecule has 4 rings (SSSR count). The third-order valence-corrected chi connectivity index (χ3v) is 4.12. The Morgan fingerprint density at radius 1 is 1.12 bits per heavy atom. The maximum atomic E-state index is 5.96. The minimum Gasteiger partial charge on any atom is -0.457 e. The zero-order valence-corrected chi connectivity index (χ0v) is 13.7. The Hall–Kier alpha value is -3.29. The number of aromatic nitrogens is 2. The van der Waals surface area contributed by atoms with Gasteiger partial charge in [-0.25, -0.2) is 4.98 Å². The molecule has 25 heavy (non-hydrogen) atoms. The molecule has 122 valence electrons. The van der Waals surface area contributed by atoms with Gasteiger partial charge in [-0.15, -0.1) is 6.42 Å². The van der Waals surface area contributed by atoms with Crippen molar-refractivity contribution >= 4 is 21.9 Å². The summed E-state index contributed by atoms with van der Waals surface area (Å²) in [5.74, 6) is 4.25. The number of rotatable bonds is 4. The normalized spacial score (nSPS) is 10.9. The smallest absolute Gasteiger partial charge is 0.138 e. The second-order valence-electron chi connectivity index (χ2n) is 5.70. The van der Waals surface area contributed by atoms with Gasteiger partial charge in [0.1, 0.15) is 17.1 Å². The van der Waals surface area contributed by atoms with Gasteiger partial charge in [-0.2, -0.15) is 0 Å². The standard InChI is InChI=1S/C21H16N2O2/c1-3-14-12-22-21-20(18(14)13-24-2)17-11-16(9-10-19(17)23-21)25-15-7-5-4-6-8-15/h1,4-12H,13H2,2H3,(H,22,23). The lowest BCUT2D eigenvalue weighted by Crippen LogP contribution is -1.95. The van der Waals surface area contributed by atoms with E-state index in [0.717, 1.165) is 44.6 Å². The van der Waals surface area contributed by atoms with Gasteiger partial charge in [-0.3, -0.25) is 0 Å². The summed E-state index contributed by atoms with van der Waals surface area (Å²) in [6, 6.07) is 15.6. The number of terminal acetylenes is 1. The summed E-state index contributed by atoms with van der Waals surface area (Å²) in [4.78, 5) is 7.78. The molecule has 0 spiro atoms. The minimum atomic E-state index is 0.426. The number of ether oxygens (including phenoxy) is 2. The molecule has 4 heteroatoms. The monoisotopic (exact) mass is 328 g/mol. The molecular weight excluding hydrogens is 312 g/mol. The van der Waals surface area contributed by atoms with Gasteiger partial charge < -0.3 is 14.5 Å². The number of aromatic amines is 1. The van der Waals surface area contributed by atoms with Crippen molar-refractivity contribution < 1.29 is 9.47 Å². The molecule has 4 nitrogen and oxygen atoms in total. The number of nitrogens with zero attached hydrogens (tertiary/aromatic N) is 1. The lowest BCUT2D eigenvalue weighted by molar-refractivity contribution is 0.186. The first-order valence-corrected chi connectivity index (χ1v) is 7.92. The molecule has 1 N–H and O–H groups in total. The summed E-state index contributed by atoms with van der Waals surface area (Å²) in [6.45, 7) is 0.426. The summed E-state index contributed by atoms with van der Waals surface area (Å²) < 4.78 is 11.3. The van der Waals surface area contributed by atoms with Crippen LogP contribution in [0.4, 0.5) is 0 Å². The fraction of sp³-hybridized carbons (Fsp3) is 0.0952. The van der Waals surface area contributed by atoms with E-state index in [9.17, 15) is 0 Å². The molecule has 0 bridgehead atoms. The molecule has 0 radical (unpaired) electrons. The Morgan fingerprint density at radius 3 is 2.72 bits per heavy atom. The number of hydrogen-bond donors (Lipinski definition) is 1. The highest BCUT2D eigenvalue weighted by Gasteiger charge is 2.14. The van der Waals surface area contributed by atoms with Gasteiger partial charge in [-0.05, 0) is 30.3 Å². The minimum absolute atomic E-state index is 0.426. The van der Waals surface area contributed by atoms with Gasteiger partial charge >= 0.3 is 0 Å². The zero-order valence-electron chi connectivity index (χ0n) is 13.7. The second-order valence-corrected chi connectivity index (χ2v) is 5.70. The molecule has 2 aromatic carbocycles. The largest absolute Gasteiger partial charge is 0.457 e. The highest BCUT2D eigenvalue weighted by Crippen LogP contribution is 2.33. The third-order valence-electron chi connectivity index (χ3n) is 4.12. The third kappa shape index (κ3) is 2.71. The molecular formula is C21H16N2O2. The van der Waals surface area contributed by atoms with Crippen molar-refractivity contribution in [3.8, 4) is 23.8 Å². The van der Waals surface area contributed by atoms with Gasteiger partial charge in [0.05, 0.1) is 6.61 Å². The number of benzene rings is 2. The maximum absolute atomic E-state index is 5.96. The first-order valence-electron chi connectivity index (χ1n) is 7.92. The van der Waals surface area contributed by atoms with Crippen LogP contribution in [-0.4, -0.2) is 17.1 Å². The lowest BCUT2D eigenvalue weighted by Gasteiger charge is -2.07. The molecule has 0 aliphatic carbocycles. The number of H-pyrrole nitrogens is 1. The van der Waals surface area contributed by atoms with Gasteiger partial charge in [0, 0.05) is 40.7 Å². The number of fused-ring (bicyclic) bond motifs is 3. The van der Waals surface area contributed by atoms with E-state index in [0.29, 0.717) is 6.61 Å². The predicted octanol–water partition coefficient (Wildman–Crippen LogP) is 4.64. The first kappa shape index (κ1) is 15.3. The Balaban J connectivity index is 1.91. The molecule has 2 heterocycles. The van der Waals surface area contributed by atoms with Crippen molar-refractivity contribution in [3.05, 3.63) is 65.9 Å². The van der Waals surface area contributed by atoms with Crippen LogP contribution in [0.25, 0.3) is 21.9 Å². The van der Waals surface area contributed by atoms with Crippen LogP contribution in [-0.2, 0) is 11.3 Å². The topological polar surface area (TPSA) is 47.1 Å². The average Bonchev–Trinajstić information content (AvgIpc) is 3.01.